The number of carbonyl (C=O) groups excluding carboxylic acids is 1. The summed E-state index contributed by atoms with van der Waals surface area (Å²) in [5, 5.41) is 2.86. The van der Waals surface area contributed by atoms with Crippen molar-refractivity contribution in [3.63, 3.8) is 0 Å². The first-order valence-corrected chi connectivity index (χ1v) is 11.2. The number of carbonyl (C=O) groups is 1. The maximum absolute atomic E-state index is 13.1. The number of imidazole rings is 1. The normalized spacial score (nSPS) is 13.4. The van der Waals surface area contributed by atoms with Gasteiger partial charge in [0.1, 0.15) is 6.54 Å². The van der Waals surface area contributed by atoms with Crippen molar-refractivity contribution in [2.24, 2.45) is 0 Å². The minimum atomic E-state index is -3.77. The van der Waals surface area contributed by atoms with Gasteiger partial charge in [0.05, 0.1) is 12.0 Å². The molecule has 4 rings (SSSR count). The zero-order valence-corrected chi connectivity index (χ0v) is 18.0. The highest BCUT2D eigenvalue weighted by molar-refractivity contribution is 7.92. The third kappa shape index (κ3) is 3.70. The van der Waals surface area contributed by atoms with Gasteiger partial charge in [0.15, 0.2) is 5.03 Å². The standard InChI is InChI=1S/C22H24N4O3S/c1-15-10-16(2)22(17(3)11-15)24-20(27)12-25-13-21(23-14-25)30(28,29)26-9-8-18-6-4-5-7-19(18)26/h4-7,10-11,13-14H,8-9,12H2,1-3H3,(H,24,27). The van der Waals surface area contributed by atoms with Crippen LogP contribution < -0.4 is 9.62 Å². The number of fused-ring (bicyclic) bond motifs is 1. The molecular weight excluding hydrogens is 400 g/mol. The van der Waals surface area contributed by atoms with Crippen molar-refractivity contribution in [3.05, 3.63) is 71.2 Å². The van der Waals surface area contributed by atoms with Crippen LogP contribution >= 0.6 is 0 Å². The molecule has 2 heterocycles. The lowest BCUT2D eigenvalue weighted by Gasteiger charge is -2.17. The molecule has 0 unspecified atom stereocenters. The van der Waals surface area contributed by atoms with Gasteiger partial charge < -0.3 is 9.88 Å². The summed E-state index contributed by atoms with van der Waals surface area (Å²) in [4.78, 5) is 16.6. The molecule has 1 aromatic heterocycles. The topological polar surface area (TPSA) is 84.3 Å². The molecule has 1 aliphatic rings. The van der Waals surface area contributed by atoms with Gasteiger partial charge >= 0.3 is 0 Å². The van der Waals surface area contributed by atoms with Crippen molar-refractivity contribution in [3.8, 4) is 0 Å². The molecule has 1 aliphatic heterocycles. The molecule has 0 aliphatic carbocycles. The monoisotopic (exact) mass is 424 g/mol. The highest BCUT2D eigenvalue weighted by Crippen LogP contribution is 2.32. The quantitative estimate of drug-likeness (QED) is 0.682. The Bertz CT molecular complexity index is 1210. The smallest absolute Gasteiger partial charge is 0.283 e. The van der Waals surface area contributed by atoms with Crippen molar-refractivity contribution in [2.75, 3.05) is 16.2 Å². The predicted octanol–water partition coefficient (Wildman–Crippen LogP) is 3.20. The van der Waals surface area contributed by atoms with Crippen LogP contribution in [0.15, 0.2) is 53.9 Å². The highest BCUT2D eigenvalue weighted by Gasteiger charge is 2.32. The first kappa shape index (κ1) is 20.2. The largest absolute Gasteiger partial charge is 0.327 e. The van der Waals surface area contributed by atoms with Crippen LogP contribution in [0, 0.1) is 20.8 Å². The van der Waals surface area contributed by atoms with E-state index in [1.165, 1.54) is 21.4 Å². The average molecular weight is 425 g/mol. The Morgan fingerprint density at radius 3 is 2.57 bits per heavy atom. The van der Waals surface area contributed by atoms with Crippen LogP contribution in [0.5, 0.6) is 0 Å². The second-order valence-corrected chi connectivity index (χ2v) is 9.47. The van der Waals surface area contributed by atoms with E-state index in [4.69, 9.17) is 0 Å². The molecule has 8 heteroatoms. The molecule has 0 bridgehead atoms. The number of amides is 1. The fourth-order valence-electron chi connectivity index (χ4n) is 3.95. The van der Waals surface area contributed by atoms with Crippen LogP contribution in [0.4, 0.5) is 11.4 Å². The number of aromatic nitrogens is 2. The van der Waals surface area contributed by atoms with Crippen LogP contribution in [-0.2, 0) is 27.8 Å². The third-order valence-electron chi connectivity index (χ3n) is 5.28. The van der Waals surface area contributed by atoms with Crippen molar-refractivity contribution in [1.29, 1.82) is 0 Å². The summed E-state index contributed by atoms with van der Waals surface area (Å²) in [6, 6.07) is 11.5. The Labute approximate surface area is 176 Å². The zero-order chi connectivity index (χ0) is 21.5. The van der Waals surface area contributed by atoms with Crippen molar-refractivity contribution in [1.82, 2.24) is 9.55 Å². The van der Waals surface area contributed by atoms with Crippen LogP contribution in [0.1, 0.15) is 22.3 Å². The Kier molecular flexibility index (Phi) is 5.11. The van der Waals surface area contributed by atoms with E-state index in [0.29, 0.717) is 18.7 Å². The maximum Gasteiger partial charge on any atom is 0.283 e. The molecule has 0 saturated heterocycles. The molecular formula is C22H24N4O3S. The van der Waals surface area contributed by atoms with Crippen LogP contribution in [0.25, 0.3) is 0 Å². The van der Waals surface area contributed by atoms with E-state index in [1.54, 1.807) is 6.07 Å². The lowest BCUT2D eigenvalue weighted by molar-refractivity contribution is -0.116. The second-order valence-electron chi connectivity index (χ2n) is 7.66. The van der Waals surface area contributed by atoms with Gasteiger partial charge in [-0.15, -0.1) is 0 Å². The maximum atomic E-state index is 13.1. The number of para-hydroxylation sites is 1. The van der Waals surface area contributed by atoms with Gasteiger partial charge in [-0.05, 0) is 49.9 Å². The summed E-state index contributed by atoms with van der Waals surface area (Å²) in [6.07, 6.45) is 3.46. The predicted molar refractivity (Wildman–Crippen MR) is 116 cm³/mol. The van der Waals surface area contributed by atoms with E-state index in [2.05, 4.69) is 10.3 Å². The fourth-order valence-corrected chi connectivity index (χ4v) is 5.40. The minimum Gasteiger partial charge on any atom is -0.327 e. The summed E-state index contributed by atoms with van der Waals surface area (Å²) >= 11 is 0. The first-order chi connectivity index (χ1) is 14.3. The molecule has 0 radical (unpaired) electrons. The summed E-state index contributed by atoms with van der Waals surface area (Å²) in [6.45, 7) is 6.28. The van der Waals surface area contributed by atoms with E-state index in [0.717, 1.165) is 27.9 Å². The van der Waals surface area contributed by atoms with Crippen LogP contribution in [-0.4, -0.2) is 30.4 Å². The number of benzene rings is 2. The van der Waals surface area contributed by atoms with E-state index in [1.807, 2.05) is 51.1 Å². The fraction of sp³-hybridized carbons (Fsp3) is 0.273. The first-order valence-electron chi connectivity index (χ1n) is 9.76. The minimum absolute atomic E-state index is 0.0220. The molecule has 2 aromatic carbocycles. The molecule has 7 nitrogen and oxygen atoms in total. The molecule has 3 aromatic rings. The van der Waals surface area contributed by atoms with Crippen LogP contribution in [0.2, 0.25) is 0 Å². The Hall–Kier alpha value is -3.13. The third-order valence-corrected chi connectivity index (χ3v) is 6.98. The number of aryl methyl sites for hydroxylation is 3. The van der Waals surface area contributed by atoms with E-state index >= 15 is 0 Å². The summed E-state index contributed by atoms with van der Waals surface area (Å²) in [7, 11) is -3.77. The SMILES string of the molecule is Cc1cc(C)c(NC(=O)Cn2cnc(S(=O)(=O)N3CCc4ccccc43)c2)c(C)c1. The van der Waals surface area contributed by atoms with Crippen molar-refractivity contribution >= 4 is 27.3 Å². The molecule has 1 amide bonds. The highest BCUT2D eigenvalue weighted by atomic mass is 32.2. The molecule has 1 N–H and O–H groups in total. The van der Waals surface area contributed by atoms with Gasteiger partial charge in [0.25, 0.3) is 10.0 Å². The summed E-state index contributed by atoms with van der Waals surface area (Å²) in [5.41, 5.74) is 5.59. The Morgan fingerprint density at radius 2 is 1.83 bits per heavy atom. The number of rotatable bonds is 5. The molecule has 30 heavy (non-hydrogen) atoms. The van der Waals surface area contributed by atoms with Gasteiger partial charge in [0.2, 0.25) is 5.91 Å². The Morgan fingerprint density at radius 1 is 1.13 bits per heavy atom. The summed E-state index contributed by atoms with van der Waals surface area (Å²) < 4.78 is 29.0. The molecule has 0 spiro atoms. The lowest BCUT2D eigenvalue weighted by Crippen LogP contribution is -2.29. The number of hydrogen-bond donors (Lipinski definition) is 1. The second kappa shape index (κ2) is 7.60. The van der Waals surface area contributed by atoms with Crippen molar-refractivity contribution < 1.29 is 13.2 Å². The average Bonchev–Trinajstić information content (AvgIpc) is 3.32. The van der Waals surface area contributed by atoms with Gasteiger partial charge in [-0.1, -0.05) is 35.9 Å². The zero-order valence-electron chi connectivity index (χ0n) is 17.2. The van der Waals surface area contributed by atoms with Crippen molar-refractivity contribution in [2.45, 2.75) is 38.8 Å². The number of nitrogens with one attached hydrogen (secondary N) is 1. The van der Waals surface area contributed by atoms with Gasteiger partial charge in [-0.3, -0.25) is 9.10 Å². The number of hydrogen-bond acceptors (Lipinski definition) is 4. The summed E-state index contributed by atoms with van der Waals surface area (Å²) in [5.74, 6) is -0.238. The number of anilines is 2. The van der Waals surface area contributed by atoms with Gasteiger partial charge in [-0.25, -0.2) is 4.98 Å². The molecule has 0 fully saturated rings. The van der Waals surface area contributed by atoms with E-state index in [-0.39, 0.29) is 17.5 Å². The van der Waals surface area contributed by atoms with Gasteiger partial charge in [0, 0.05) is 18.4 Å². The van der Waals surface area contributed by atoms with E-state index in [9.17, 15) is 13.2 Å². The molecule has 156 valence electrons. The van der Waals surface area contributed by atoms with E-state index < -0.39 is 10.0 Å². The Balaban J connectivity index is 1.50. The number of nitrogens with zero attached hydrogens (tertiary/aromatic N) is 3. The molecule has 0 atom stereocenters. The van der Waals surface area contributed by atoms with Crippen LogP contribution in [0.3, 0.4) is 0 Å². The number of sulfonamides is 1. The lowest BCUT2D eigenvalue weighted by atomic mass is 10.1. The molecule has 0 saturated carbocycles. The van der Waals surface area contributed by atoms with Gasteiger partial charge in [-0.2, -0.15) is 8.42 Å².